The topological polar surface area (TPSA) is 72.2 Å². The summed E-state index contributed by atoms with van der Waals surface area (Å²) in [5.74, 6) is -2.54. The number of amides is 2. The average Bonchev–Trinajstić information content (AvgIpc) is 2.69. The van der Waals surface area contributed by atoms with Gasteiger partial charge in [0, 0.05) is 5.92 Å². The van der Waals surface area contributed by atoms with Crippen LogP contribution in [-0.2, 0) is 4.79 Å². The predicted molar refractivity (Wildman–Crippen MR) is 102 cm³/mol. The highest BCUT2D eigenvalue weighted by molar-refractivity contribution is 5.98. The summed E-state index contributed by atoms with van der Waals surface area (Å²) < 4.78 is 14.0. The van der Waals surface area contributed by atoms with Gasteiger partial charge in [0.2, 0.25) is 5.91 Å². The minimum atomic E-state index is -1.04. The van der Waals surface area contributed by atoms with Gasteiger partial charge >= 0.3 is 0 Å². The molecule has 3 aromatic rings. The summed E-state index contributed by atoms with van der Waals surface area (Å²) in [5.41, 5.74) is 7.14. The number of rotatable bonds is 6. The molecule has 4 nitrogen and oxygen atoms in total. The quantitative estimate of drug-likeness (QED) is 0.707. The summed E-state index contributed by atoms with van der Waals surface area (Å²) in [4.78, 5) is 24.8. The Balaban J connectivity index is 2.00. The Bertz CT molecular complexity index is 890. The van der Waals surface area contributed by atoms with Crippen molar-refractivity contribution in [3.05, 3.63) is 107 Å². The fraction of sp³-hybridized carbons (Fsp3) is 0.0909. The van der Waals surface area contributed by atoms with E-state index in [1.54, 1.807) is 6.07 Å². The standard InChI is InChI=1S/C22H19FN2O2/c23-18-14-8-7-13-17(18)22(27)25-20(21(24)26)19(15-9-3-1-4-10-15)16-11-5-2-6-12-16/h1-14,19-20H,(H2,24,26)(H,25,27)/t20-/m1/s1. The van der Waals surface area contributed by atoms with Crippen molar-refractivity contribution in [3.8, 4) is 0 Å². The van der Waals surface area contributed by atoms with Crippen LogP contribution in [0.4, 0.5) is 4.39 Å². The van der Waals surface area contributed by atoms with Gasteiger partial charge in [-0.3, -0.25) is 9.59 Å². The van der Waals surface area contributed by atoms with E-state index in [1.165, 1.54) is 18.2 Å². The predicted octanol–water partition coefficient (Wildman–Crippen LogP) is 3.24. The van der Waals surface area contributed by atoms with Crippen molar-refractivity contribution in [3.63, 3.8) is 0 Å². The van der Waals surface area contributed by atoms with Crippen LogP contribution in [0, 0.1) is 5.82 Å². The molecule has 5 heteroatoms. The molecule has 0 aromatic heterocycles. The first-order valence-corrected chi connectivity index (χ1v) is 8.52. The number of carbonyl (C=O) groups is 2. The monoisotopic (exact) mass is 362 g/mol. The van der Waals surface area contributed by atoms with Gasteiger partial charge in [-0.15, -0.1) is 0 Å². The highest BCUT2D eigenvalue weighted by Gasteiger charge is 2.31. The zero-order valence-corrected chi connectivity index (χ0v) is 14.5. The van der Waals surface area contributed by atoms with E-state index in [4.69, 9.17) is 5.73 Å². The van der Waals surface area contributed by atoms with Crippen LogP contribution in [-0.4, -0.2) is 17.9 Å². The Labute approximate surface area is 156 Å². The summed E-state index contributed by atoms with van der Waals surface area (Å²) in [6.07, 6.45) is 0. The van der Waals surface area contributed by atoms with Crippen molar-refractivity contribution in [1.29, 1.82) is 0 Å². The van der Waals surface area contributed by atoms with Gasteiger partial charge < -0.3 is 11.1 Å². The van der Waals surface area contributed by atoms with Crippen molar-refractivity contribution < 1.29 is 14.0 Å². The van der Waals surface area contributed by atoms with Crippen LogP contribution in [0.5, 0.6) is 0 Å². The summed E-state index contributed by atoms with van der Waals surface area (Å²) in [5, 5.41) is 2.62. The average molecular weight is 362 g/mol. The fourth-order valence-electron chi connectivity index (χ4n) is 3.08. The highest BCUT2D eigenvalue weighted by Crippen LogP contribution is 2.28. The number of carbonyl (C=O) groups excluding carboxylic acids is 2. The second-order valence-corrected chi connectivity index (χ2v) is 6.13. The number of benzene rings is 3. The van der Waals surface area contributed by atoms with Crippen molar-refractivity contribution >= 4 is 11.8 Å². The number of nitrogens with two attached hydrogens (primary N) is 1. The van der Waals surface area contributed by atoms with Gasteiger partial charge in [-0.05, 0) is 23.3 Å². The Morgan fingerprint density at radius 2 is 1.26 bits per heavy atom. The van der Waals surface area contributed by atoms with Crippen LogP contribution in [0.25, 0.3) is 0 Å². The number of nitrogens with one attached hydrogen (secondary N) is 1. The molecule has 2 amide bonds. The summed E-state index contributed by atoms with van der Waals surface area (Å²) in [7, 11) is 0. The van der Waals surface area contributed by atoms with Gasteiger partial charge in [0.25, 0.3) is 5.91 Å². The maximum absolute atomic E-state index is 14.0. The van der Waals surface area contributed by atoms with E-state index in [0.717, 1.165) is 11.1 Å². The van der Waals surface area contributed by atoms with Crippen molar-refractivity contribution in [2.45, 2.75) is 12.0 Å². The van der Waals surface area contributed by atoms with E-state index >= 15 is 0 Å². The zero-order chi connectivity index (χ0) is 19.2. The van der Waals surface area contributed by atoms with E-state index in [1.807, 2.05) is 60.7 Å². The van der Waals surface area contributed by atoms with Crippen LogP contribution >= 0.6 is 0 Å². The van der Waals surface area contributed by atoms with Crippen LogP contribution in [0.2, 0.25) is 0 Å². The Hall–Kier alpha value is -3.47. The lowest BCUT2D eigenvalue weighted by Crippen LogP contribution is -2.48. The van der Waals surface area contributed by atoms with Crippen LogP contribution in [0.15, 0.2) is 84.9 Å². The molecular weight excluding hydrogens is 343 g/mol. The Kier molecular flexibility index (Phi) is 5.61. The minimum absolute atomic E-state index is 0.136. The molecular formula is C22H19FN2O2. The van der Waals surface area contributed by atoms with Crippen molar-refractivity contribution in [1.82, 2.24) is 5.32 Å². The molecule has 0 bridgehead atoms. The van der Waals surface area contributed by atoms with Crippen LogP contribution in [0.1, 0.15) is 27.4 Å². The zero-order valence-electron chi connectivity index (χ0n) is 14.5. The molecule has 0 heterocycles. The molecule has 3 rings (SSSR count). The van der Waals surface area contributed by atoms with Gasteiger partial charge in [0.05, 0.1) is 5.56 Å². The van der Waals surface area contributed by atoms with Gasteiger partial charge in [0.15, 0.2) is 0 Å². The molecule has 0 aliphatic heterocycles. The molecule has 1 atom stereocenters. The molecule has 0 unspecified atom stereocenters. The number of halogens is 1. The molecule has 136 valence electrons. The summed E-state index contributed by atoms with van der Waals surface area (Å²) in [6, 6.07) is 23.2. The molecule has 27 heavy (non-hydrogen) atoms. The maximum Gasteiger partial charge on any atom is 0.254 e. The normalized spacial score (nSPS) is 11.8. The second-order valence-electron chi connectivity index (χ2n) is 6.13. The molecule has 3 aromatic carbocycles. The van der Waals surface area contributed by atoms with E-state index < -0.39 is 29.6 Å². The second kappa shape index (κ2) is 8.27. The molecule has 0 saturated heterocycles. The number of primary amides is 1. The third kappa shape index (κ3) is 4.20. The first kappa shape index (κ1) is 18.3. The minimum Gasteiger partial charge on any atom is -0.368 e. The SMILES string of the molecule is NC(=O)[C@H](NC(=O)c1ccccc1F)C(c1ccccc1)c1ccccc1. The van der Waals surface area contributed by atoms with Crippen LogP contribution in [0.3, 0.4) is 0 Å². The van der Waals surface area contributed by atoms with Crippen molar-refractivity contribution in [2.75, 3.05) is 0 Å². The third-order valence-electron chi connectivity index (χ3n) is 4.36. The smallest absolute Gasteiger partial charge is 0.254 e. The molecule has 3 N–H and O–H groups in total. The van der Waals surface area contributed by atoms with E-state index in [2.05, 4.69) is 5.32 Å². The maximum atomic E-state index is 14.0. The Morgan fingerprint density at radius 3 is 1.74 bits per heavy atom. The van der Waals surface area contributed by atoms with Gasteiger partial charge in [-0.25, -0.2) is 4.39 Å². The lowest BCUT2D eigenvalue weighted by atomic mass is 9.84. The fourth-order valence-corrected chi connectivity index (χ4v) is 3.08. The van der Waals surface area contributed by atoms with E-state index in [0.29, 0.717) is 0 Å². The molecule has 0 spiro atoms. The molecule has 0 aliphatic rings. The van der Waals surface area contributed by atoms with Crippen molar-refractivity contribution in [2.24, 2.45) is 5.73 Å². The first-order valence-electron chi connectivity index (χ1n) is 8.52. The summed E-state index contributed by atoms with van der Waals surface area (Å²) >= 11 is 0. The lowest BCUT2D eigenvalue weighted by Gasteiger charge is -2.27. The highest BCUT2D eigenvalue weighted by atomic mass is 19.1. The van der Waals surface area contributed by atoms with E-state index in [9.17, 15) is 14.0 Å². The summed E-state index contributed by atoms with van der Waals surface area (Å²) in [6.45, 7) is 0. The van der Waals surface area contributed by atoms with E-state index in [-0.39, 0.29) is 5.56 Å². The van der Waals surface area contributed by atoms with Gasteiger partial charge in [-0.2, -0.15) is 0 Å². The van der Waals surface area contributed by atoms with Gasteiger partial charge in [0.1, 0.15) is 11.9 Å². The molecule has 0 radical (unpaired) electrons. The third-order valence-corrected chi connectivity index (χ3v) is 4.36. The number of hydrogen-bond acceptors (Lipinski definition) is 2. The first-order chi connectivity index (χ1) is 13.1. The molecule has 0 fully saturated rings. The lowest BCUT2D eigenvalue weighted by molar-refractivity contribution is -0.120. The van der Waals surface area contributed by atoms with Crippen LogP contribution < -0.4 is 11.1 Å². The Morgan fingerprint density at radius 1 is 0.778 bits per heavy atom. The molecule has 0 aliphatic carbocycles. The molecule has 0 saturated carbocycles. The van der Waals surface area contributed by atoms with Gasteiger partial charge in [-0.1, -0.05) is 72.8 Å². The number of hydrogen-bond donors (Lipinski definition) is 2. The largest absolute Gasteiger partial charge is 0.368 e.